The summed E-state index contributed by atoms with van der Waals surface area (Å²) in [5.41, 5.74) is 11.4. The summed E-state index contributed by atoms with van der Waals surface area (Å²) in [6.07, 6.45) is 0. The van der Waals surface area contributed by atoms with Crippen molar-refractivity contribution in [2.75, 3.05) is 4.90 Å². The van der Waals surface area contributed by atoms with Crippen LogP contribution in [0.4, 0.5) is 17.1 Å². The molecule has 214 valence electrons. The van der Waals surface area contributed by atoms with Gasteiger partial charge in [-0.25, -0.2) is 0 Å². The first-order valence-electron chi connectivity index (χ1n) is 15.6. The van der Waals surface area contributed by atoms with Crippen molar-refractivity contribution in [1.82, 2.24) is 0 Å². The number of hydrogen-bond donors (Lipinski definition) is 0. The molecule has 0 amide bonds. The van der Waals surface area contributed by atoms with E-state index in [1.54, 1.807) is 0 Å². The normalized spacial score (nSPS) is 13.3. The molecule has 9 rings (SSSR count). The fourth-order valence-corrected chi connectivity index (χ4v) is 10.0. The summed E-state index contributed by atoms with van der Waals surface area (Å²) in [5.74, 6) is 0. The first kappa shape index (κ1) is 26.5. The summed E-state index contributed by atoms with van der Waals surface area (Å²) < 4.78 is 2.99. The monoisotopic (exact) mass is 641 g/mol. The molecule has 0 atom stereocenters. The maximum absolute atomic E-state index is 2.47. The van der Waals surface area contributed by atoms with E-state index >= 15 is 0 Å². The van der Waals surface area contributed by atoms with Gasteiger partial charge >= 0.3 is 253 Å². The van der Waals surface area contributed by atoms with E-state index in [-0.39, 0.29) is 5.41 Å². The second-order valence-corrected chi connectivity index (χ2v) is 14.8. The van der Waals surface area contributed by atoms with Crippen LogP contribution in [0.25, 0.3) is 52.3 Å². The van der Waals surface area contributed by atoms with Gasteiger partial charge in [0.15, 0.2) is 0 Å². The van der Waals surface area contributed by atoms with Gasteiger partial charge in [0.05, 0.1) is 0 Å². The van der Waals surface area contributed by atoms with Crippen LogP contribution in [-0.4, -0.2) is 14.5 Å². The zero-order chi connectivity index (χ0) is 30.1. The molecule has 8 aromatic rings. The van der Waals surface area contributed by atoms with Crippen LogP contribution in [0.1, 0.15) is 25.0 Å². The number of benzene rings is 7. The van der Waals surface area contributed by atoms with Crippen molar-refractivity contribution in [2.24, 2.45) is 0 Å². The van der Waals surface area contributed by atoms with Crippen molar-refractivity contribution < 1.29 is 0 Å². The third-order valence-electron chi connectivity index (χ3n) is 9.66. The zero-order valence-electron chi connectivity index (χ0n) is 25.3. The number of anilines is 3. The summed E-state index contributed by atoms with van der Waals surface area (Å²) in [4.78, 5) is 2.47. The van der Waals surface area contributed by atoms with Gasteiger partial charge in [0.25, 0.3) is 0 Å². The molecule has 0 N–H and O–H groups in total. The van der Waals surface area contributed by atoms with Gasteiger partial charge < -0.3 is 0 Å². The van der Waals surface area contributed by atoms with Crippen molar-refractivity contribution >= 4 is 61.6 Å². The Morgan fingerprint density at radius 2 is 1.20 bits per heavy atom. The molecule has 0 unspecified atom stereocenters. The summed E-state index contributed by atoms with van der Waals surface area (Å²) in [6, 6.07) is 56.2. The topological polar surface area (TPSA) is 3.24 Å². The predicted molar refractivity (Wildman–Crippen MR) is 194 cm³/mol. The van der Waals surface area contributed by atoms with E-state index in [1.165, 1.54) is 74.8 Å². The molecule has 2 heteroatoms. The Labute approximate surface area is 269 Å². The molecular formula is C43H31NSe. The average molecular weight is 641 g/mol. The number of fused-ring (bicyclic) bond motifs is 8. The minimum atomic E-state index is -0.0637. The molecule has 1 aliphatic carbocycles. The van der Waals surface area contributed by atoms with Crippen LogP contribution in [0.15, 0.2) is 152 Å². The van der Waals surface area contributed by atoms with Crippen molar-refractivity contribution in [3.05, 3.63) is 163 Å². The Morgan fingerprint density at radius 1 is 0.511 bits per heavy atom. The van der Waals surface area contributed by atoms with E-state index < -0.39 is 0 Å². The first-order chi connectivity index (χ1) is 22.1. The van der Waals surface area contributed by atoms with Crippen LogP contribution in [0.5, 0.6) is 0 Å². The van der Waals surface area contributed by atoms with Crippen molar-refractivity contribution in [1.29, 1.82) is 0 Å². The number of hydrogen-bond acceptors (Lipinski definition) is 1. The molecule has 0 fully saturated rings. The van der Waals surface area contributed by atoms with Crippen LogP contribution < -0.4 is 4.90 Å². The fourth-order valence-electron chi connectivity index (χ4n) is 7.42. The number of rotatable bonds is 4. The SMILES string of the molecule is CC1(C)c2ccccc2-c2c(N(c3ccc(-c4ccccc4)cc3)c3ccc4c(ccc5c6ccccc6[se]c45)c3)cccc21. The summed E-state index contributed by atoms with van der Waals surface area (Å²) in [6.45, 7) is 4.72. The Balaban J connectivity index is 1.27. The quantitative estimate of drug-likeness (QED) is 0.173. The molecule has 0 bridgehead atoms. The predicted octanol–water partition coefficient (Wildman–Crippen LogP) is 11.6. The Kier molecular flexibility index (Phi) is 5.94. The Morgan fingerprint density at radius 3 is 2.07 bits per heavy atom. The van der Waals surface area contributed by atoms with Crippen LogP contribution in [-0.2, 0) is 5.41 Å². The van der Waals surface area contributed by atoms with Gasteiger partial charge in [0, 0.05) is 0 Å². The zero-order valence-corrected chi connectivity index (χ0v) is 27.0. The van der Waals surface area contributed by atoms with E-state index in [0.717, 1.165) is 5.69 Å². The molecule has 1 aliphatic rings. The molecule has 1 nitrogen and oxygen atoms in total. The number of nitrogens with zero attached hydrogens (tertiary/aromatic N) is 1. The van der Waals surface area contributed by atoms with Gasteiger partial charge in [-0.15, -0.1) is 0 Å². The van der Waals surface area contributed by atoms with Crippen molar-refractivity contribution in [2.45, 2.75) is 19.3 Å². The second kappa shape index (κ2) is 10.1. The van der Waals surface area contributed by atoms with Crippen molar-refractivity contribution in [3.63, 3.8) is 0 Å². The van der Waals surface area contributed by atoms with Crippen LogP contribution in [0.2, 0.25) is 0 Å². The molecule has 7 aromatic carbocycles. The molecular weight excluding hydrogens is 609 g/mol. The van der Waals surface area contributed by atoms with Gasteiger partial charge in [0.2, 0.25) is 0 Å². The maximum atomic E-state index is 2.47. The van der Waals surface area contributed by atoms with Gasteiger partial charge in [-0.3, -0.25) is 0 Å². The van der Waals surface area contributed by atoms with Crippen molar-refractivity contribution in [3.8, 4) is 22.3 Å². The third kappa shape index (κ3) is 4.07. The fraction of sp³-hybridized carbons (Fsp3) is 0.0698. The molecule has 0 spiro atoms. The van der Waals surface area contributed by atoms with Gasteiger partial charge in [0.1, 0.15) is 0 Å². The van der Waals surface area contributed by atoms with E-state index in [9.17, 15) is 0 Å². The van der Waals surface area contributed by atoms with E-state index in [2.05, 4.69) is 170 Å². The molecule has 0 aliphatic heterocycles. The molecule has 0 saturated carbocycles. The van der Waals surface area contributed by atoms with E-state index in [1.807, 2.05) is 0 Å². The molecule has 0 saturated heterocycles. The van der Waals surface area contributed by atoms with E-state index in [4.69, 9.17) is 0 Å². The Hall–Kier alpha value is -4.88. The van der Waals surface area contributed by atoms with Crippen LogP contribution in [0.3, 0.4) is 0 Å². The summed E-state index contributed by atoms with van der Waals surface area (Å²) in [5, 5.41) is 5.47. The molecule has 45 heavy (non-hydrogen) atoms. The van der Waals surface area contributed by atoms with E-state index in [0.29, 0.717) is 14.5 Å². The van der Waals surface area contributed by atoms with Crippen LogP contribution in [0, 0.1) is 0 Å². The van der Waals surface area contributed by atoms with Gasteiger partial charge in [-0.05, 0) is 0 Å². The Bertz CT molecular complexity index is 2400. The van der Waals surface area contributed by atoms with Crippen LogP contribution >= 0.6 is 0 Å². The average Bonchev–Trinajstić information content (AvgIpc) is 3.59. The summed E-state index contributed by atoms with van der Waals surface area (Å²) in [7, 11) is 0. The molecule has 0 radical (unpaired) electrons. The minimum absolute atomic E-state index is 0.0637. The van der Waals surface area contributed by atoms with Gasteiger partial charge in [-0.2, -0.15) is 0 Å². The third-order valence-corrected chi connectivity index (χ3v) is 12.2. The molecule has 1 aromatic heterocycles. The second-order valence-electron chi connectivity index (χ2n) is 12.6. The molecule has 1 heterocycles. The summed E-state index contributed by atoms with van der Waals surface area (Å²) >= 11 is 0.315. The standard InChI is InChI=1S/C43H31NSe/c1-43(2)37-15-8-6-14-36(37)41-38(43)16-10-17-39(41)44(31-22-19-29(20-23-31)28-11-4-3-5-12-28)32-24-26-33-30(27-32)21-25-35-34-13-7-9-18-40(34)45-42(33)35/h3-27H,1-2H3. The first-order valence-corrected chi connectivity index (χ1v) is 17.3. The van der Waals surface area contributed by atoms with Gasteiger partial charge in [-0.1, -0.05) is 18.2 Å².